The number of hydrogen-bond donors (Lipinski definition) is 3. The Morgan fingerprint density at radius 2 is 2.37 bits per heavy atom. The van der Waals surface area contributed by atoms with Gasteiger partial charge in [-0.2, -0.15) is 0 Å². The molecule has 1 unspecified atom stereocenters. The smallest absolute Gasteiger partial charge is 0.233 e. The van der Waals surface area contributed by atoms with Gasteiger partial charge in [0.05, 0.1) is 6.33 Å². The summed E-state index contributed by atoms with van der Waals surface area (Å²) >= 11 is 0. The molecular formula is C12H21N5O2. The first-order valence-corrected chi connectivity index (χ1v) is 6.26. The summed E-state index contributed by atoms with van der Waals surface area (Å²) in [5, 5.41) is 14.5. The monoisotopic (exact) mass is 267 g/mol. The number of oxime groups is 1. The van der Waals surface area contributed by atoms with Gasteiger partial charge >= 0.3 is 0 Å². The van der Waals surface area contributed by atoms with E-state index in [0.29, 0.717) is 13.0 Å². The average molecular weight is 267 g/mol. The molecule has 0 aliphatic rings. The van der Waals surface area contributed by atoms with E-state index in [4.69, 9.17) is 10.9 Å². The fourth-order valence-electron chi connectivity index (χ4n) is 1.65. The molecule has 1 rings (SSSR count). The molecule has 7 heteroatoms. The van der Waals surface area contributed by atoms with Crippen molar-refractivity contribution in [3.8, 4) is 0 Å². The zero-order valence-corrected chi connectivity index (χ0v) is 11.3. The van der Waals surface area contributed by atoms with Crippen molar-refractivity contribution in [1.82, 2.24) is 14.9 Å². The molecule has 1 aromatic rings. The van der Waals surface area contributed by atoms with Crippen LogP contribution in [0, 0.1) is 5.41 Å². The van der Waals surface area contributed by atoms with Crippen LogP contribution in [0.2, 0.25) is 0 Å². The Hall–Kier alpha value is -2.05. The molecule has 19 heavy (non-hydrogen) atoms. The molecule has 0 radical (unpaired) electrons. The van der Waals surface area contributed by atoms with Gasteiger partial charge in [0.1, 0.15) is 5.41 Å². The van der Waals surface area contributed by atoms with Crippen LogP contribution in [0.15, 0.2) is 23.9 Å². The first-order chi connectivity index (χ1) is 9.04. The van der Waals surface area contributed by atoms with Crippen molar-refractivity contribution in [3.05, 3.63) is 18.7 Å². The molecule has 4 N–H and O–H groups in total. The minimum absolute atomic E-state index is 0.0675. The lowest BCUT2D eigenvalue weighted by Crippen LogP contribution is -2.47. The van der Waals surface area contributed by atoms with Crippen LogP contribution in [0.4, 0.5) is 0 Å². The Morgan fingerprint density at radius 3 is 2.89 bits per heavy atom. The second kappa shape index (κ2) is 6.77. The Morgan fingerprint density at radius 1 is 1.63 bits per heavy atom. The van der Waals surface area contributed by atoms with Gasteiger partial charge in [0.25, 0.3) is 0 Å². The van der Waals surface area contributed by atoms with E-state index in [-0.39, 0.29) is 11.7 Å². The molecule has 1 heterocycles. The third-order valence-electron chi connectivity index (χ3n) is 3.32. The zero-order chi connectivity index (χ0) is 14.3. The Labute approximate surface area is 112 Å². The standard InChI is InChI=1S/C12H21N5O2/c1-3-12(2,10(13)16-19)11(18)15-5-4-7-17-8-6-14-9-17/h6,8-9,19H,3-5,7H2,1-2H3,(H2,13,16)(H,15,18). The number of carbonyl (C=O) groups excluding carboxylic acids is 1. The normalized spacial score (nSPS) is 14.9. The van der Waals surface area contributed by atoms with Crippen molar-refractivity contribution in [2.24, 2.45) is 16.3 Å². The summed E-state index contributed by atoms with van der Waals surface area (Å²) in [4.78, 5) is 16.0. The lowest BCUT2D eigenvalue weighted by Gasteiger charge is -2.25. The van der Waals surface area contributed by atoms with E-state index in [2.05, 4.69) is 15.5 Å². The SMILES string of the molecule is CCC(C)(C(=O)NCCCn1ccnc1)/C(N)=N/O. The van der Waals surface area contributed by atoms with Crippen molar-refractivity contribution < 1.29 is 10.0 Å². The number of nitrogens with one attached hydrogen (secondary N) is 1. The molecule has 1 atom stereocenters. The number of aryl methyl sites for hydroxylation is 1. The van der Waals surface area contributed by atoms with Crippen LogP contribution in [0.25, 0.3) is 0 Å². The van der Waals surface area contributed by atoms with Gasteiger partial charge in [-0.15, -0.1) is 0 Å². The van der Waals surface area contributed by atoms with E-state index in [1.165, 1.54) is 0 Å². The predicted molar refractivity (Wildman–Crippen MR) is 71.7 cm³/mol. The second-order valence-electron chi connectivity index (χ2n) is 4.58. The maximum absolute atomic E-state index is 12.1. The van der Waals surface area contributed by atoms with Crippen molar-refractivity contribution in [2.45, 2.75) is 33.2 Å². The predicted octanol–water partition coefficient (Wildman–Crippen LogP) is 0.552. The maximum atomic E-state index is 12.1. The van der Waals surface area contributed by atoms with E-state index >= 15 is 0 Å². The quantitative estimate of drug-likeness (QED) is 0.220. The summed E-state index contributed by atoms with van der Waals surface area (Å²) in [5.74, 6) is -0.293. The largest absolute Gasteiger partial charge is 0.409 e. The highest BCUT2D eigenvalue weighted by Gasteiger charge is 2.35. The van der Waals surface area contributed by atoms with E-state index in [0.717, 1.165) is 13.0 Å². The zero-order valence-electron chi connectivity index (χ0n) is 11.3. The van der Waals surface area contributed by atoms with Crippen LogP contribution in [-0.4, -0.2) is 33.0 Å². The Kier molecular flexibility index (Phi) is 5.35. The second-order valence-corrected chi connectivity index (χ2v) is 4.58. The van der Waals surface area contributed by atoms with Crippen LogP contribution < -0.4 is 11.1 Å². The number of rotatable bonds is 7. The Balaban J connectivity index is 2.41. The highest BCUT2D eigenvalue weighted by molar-refractivity contribution is 6.06. The van der Waals surface area contributed by atoms with Crippen LogP contribution in [0.3, 0.4) is 0 Å². The lowest BCUT2D eigenvalue weighted by atomic mass is 9.85. The first kappa shape index (κ1) is 15.0. The van der Waals surface area contributed by atoms with Crippen molar-refractivity contribution in [2.75, 3.05) is 6.54 Å². The molecule has 0 spiro atoms. The highest BCUT2D eigenvalue weighted by atomic mass is 16.4. The Bertz CT molecular complexity index is 429. The molecule has 0 aliphatic heterocycles. The molecule has 0 fully saturated rings. The lowest BCUT2D eigenvalue weighted by molar-refractivity contribution is -0.127. The van der Waals surface area contributed by atoms with Gasteiger partial charge in [-0.25, -0.2) is 4.98 Å². The number of imidazole rings is 1. The summed E-state index contributed by atoms with van der Waals surface area (Å²) < 4.78 is 1.94. The maximum Gasteiger partial charge on any atom is 0.233 e. The van der Waals surface area contributed by atoms with Gasteiger partial charge in [-0.3, -0.25) is 4.79 Å². The van der Waals surface area contributed by atoms with E-state index in [9.17, 15) is 4.79 Å². The van der Waals surface area contributed by atoms with E-state index in [1.54, 1.807) is 19.4 Å². The number of hydrogen-bond acceptors (Lipinski definition) is 4. The number of amides is 1. The van der Waals surface area contributed by atoms with Gasteiger partial charge in [0, 0.05) is 25.5 Å². The van der Waals surface area contributed by atoms with Gasteiger partial charge in [-0.1, -0.05) is 12.1 Å². The van der Waals surface area contributed by atoms with E-state index in [1.807, 2.05) is 17.7 Å². The highest BCUT2D eigenvalue weighted by Crippen LogP contribution is 2.21. The summed E-state index contributed by atoms with van der Waals surface area (Å²) in [7, 11) is 0. The van der Waals surface area contributed by atoms with E-state index < -0.39 is 5.41 Å². The molecular weight excluding hydrogens is 246 g/mol. The van der Waals surface area contributed by atoms with Crippen molar-refractivity contribution in [1.29, 1.82) is 0 Å². The van der Waals surface area contributed by atoms with Gasteiger partial charge in [0.15, 0.2) is 5.84 Å². The molecule has 1 amide bonds. The molecule has 1 aromatic heterocycles. The summed E-state index contributed by atoms with van der Waals surface area (Å²) in [5.41, 5.74) is 4.60. The van der Waals surface area contributed by atoms with Crippen LogP contribution >= 0.6 is 0 Å². The summed E-state index contributed by atoms with van der Waals surface area (Å²) in [6.07, 6.45) is 6.57. The van der Waals surface area contributed by atoms with Gasteiger partial charge in [-0.05, 0) is 19.8 Å². The number of nitrogens with zero attached hydrogens (tertiary/aromatic N) is 3. The van der Waals surface area contributed by atoms with Crippen molar-refractivity contribution in [3.63, 3.8) is 0 Å². The third kappa shape index (κ3) is 3.70. The van der Waals surface area contributed by atoms with Crippen LogP contribution in [-0.2, 0) is 11.3 Å². The topological polar surface area (TPSA) is 106 Å². The molecule has 0 saturated heterocycles. The number of amidine groups is 1. The molecule has 0 bridgehead atoms. The molecule has 0 aromatic carbocycles. The minimum atomic E-state index is -0.968. The molecule has 7 nitrogen and oxygen atoms in total. The van der Waals surface area contributed by atoms with Crippen LogP contribution in [0.1, 0.15) is 26.7 Å². The molecule has 106 valence electrons. The van der Waals surface area contributed by atoms with Crippen LogP contribution in [0.5, 0.6) is 0 Å². The summed E-state index contributed by atoms with van der Waals surface area (Å²) in [6.45, 7) is 4.80. The fraction of sp³-hybridized carbons (Fsp3) is 0.583. The third-order valence-corrected chi connectivity index (χ3v) is 3.32. The minimum Gasteiger partial charge on any atom is -0.409 e. The van der Waals surface area contributed by atoms with Gasteiger partial charge < -0.3 is 20.8 Å². The first-order valence-electron chi connectivity index (χ1n) is 6.26. The molecule has 0 aliphatic carbocycles. The van der Waals surface area contributed by atoms with Crippen molar-refractivity contribution >= 4 is 11.7 Å². The van der Waals surface area contributed by atoms with Gasteiger partial charge in [0.2, 0.25) is 5.91 Å². The number of carbonyl (C=O) groups is 1. The number of aromatic nitrogens is 2. The summed E-state index contributed by atoms with van der Waals surface area (Å²) in [6, 6.07) is 0. The average Bonchev–Trinajstić information content (AvgIpc) is 2.94. The number of nitrogens with two attached hydrogens (primary N) is 1. The fourth-order valence-corrected chi connectivity index (χ4v) is 1.65. The molecule has 0 saturated carbocycles.